The summed E-state index contributed by atoms with van der Waals surface area (Å²) in [6.07, 6.45) is 1.18. The lowest BCUT2D eigenvalue weighted by Crippen LogP contribution is -2.42. The van der Waals surface area contributed by atoms with Crippen LogP contribution in [0.2, 0.25) is 0 Å². The highest BCUT2D eigenvalue weighted by molar-refractivity contribution is 7.91. The Morgan fingerprint density at radius 1 is 1.24 bits per heavy atom. The van der Waals surface area contributed by atoms with Crippen molar-refractivity contribution >= 4 is 54.0 Å². The Bertz CT molecular complexity index is 979. The molecule has 9 heteroatoms. The van der Waals surface area contributed by atoms with Gasteiger partial charge in [-0.15, -0.1) is 11.3 Å². The highest BCUT2D eigenvalue weighted by Crippen LogP contribution is 2.30. The van der Waals surface area contributed by atoms with Crippen LogP contribution in [-0.2, 0) is 14.8 Å². The van der Waals surface area contributed by atoms with Gasteiger partial charge in [-0.25, -0.2) is 13.4 Å². The van der Waals surface area contributed by atoms with E-state index in [1.54, 1.807) is 17.5 Å². The van der Waals surface area contributed by atoms with Crippen molar-refractivity contribution in [2.75, 3.05) is 11.9 Å². The number of nitrogens with zero attached hydrogens (tertiary/aromatic N) is 2. The molecular formula is C16H15N3O3S3. The van der Waals surface area contributed by atoms with E-state index in [-0.39, 0.29) is 10.1 Å². The average molecular weight is 394 g/mol. The summed E-state index contributed by atoms with van der Waals surface area (Å²) >= 11 is 2.55. The molecule has 0 bridgehead atoms. The van der Waals surface area contributed by atoms with Gasteiger partial charge < -0.3 is 5.32 Å². The minimum Gasteiger partial charge on any atom is -0.301 e. The molecule has 130 valence electrons. The van der Waals surface area contributed by atoms with Gasteiger partial charge in [0.05, 0.1) is 10.2 Å². The zero-order valence-electron chi connectivity index (χ0n) is 13.1. The number of benzene rings is 1. The highest BCUT2D eigenvalue weighted by Gasteiger charge is 2.40. The Kier molecular flexibility index (Phi) is 4.32. The number of nitrogens with one attached hydrogen (secondary N) is 1. The predicted octanol–water partition coefficient (Wildman–Crippen LogP) is 3.15. The minimum atomic E-state index is -3.63. The van der Waals surface area contributed by atoms with Crippen molar-refractivity contribution in [1.29, 1.82) is 0 Å². The zero-order chi connectivity index (χ0) is 17.4. The Hall–Kier alpha value is -1.81. The van der Waals surface area contributed by atoms with Crippen LogP contribution in [0.5, 0.6) is 0 Å². The van der Waals surface area contributed by atoms with E-state index < -0.39 is 16.1 Å². The zero-order valence-corrected chi connectivity index (χ0v) is 15.5. The normalized spacial score (nSPS) is 18.6. The van der Waals surface area contributed by atoms with Gasteiger partial charge in [-0.3, -0.25) is 4.79 Å². The number of fused-ring (bicyclic) bond motifs is 1. The van der Waals surface area contributed by atoms with Gasteiger partial charge in [0, 0.05) is 6.54 Å². The van der Waals surface area contributed by atoms with Crippen LogP contribution in [0.1, 0.15) is 12.8 Å². The van der Waals surface area contributed by atoms with Crippen LogP contribution in [0.25, 0.3) is 10.2 Å². The van der Waals surface area contributed by atoms with Crippen molar-refractivity contribution in [2.24, 2.45) is 0 Å². The number of sulfonamides is 1. The number of hydrogen-bond donors (Lipinski definition) is 1. The standard InChI is InChI=1S/C16H15N3O3S3/c20-15(18-16-17-11-5-1-2-7-13(11)24-16)12-6-3-9-19(12)25(21,22)14-8-4-10-23-14/h1-2,4-5,7-8,10,12H,3,6,9H2,(H,17,18,20)/t12-/m1/s1. The first kappa shape index (κ1) is 16.6. The van der Waals surface area contributed by atoms with Gasteiger partial charge >= 0.3 is 0 Å². The molecular weight excluding hydrogens is 378 g/mol. The molecule has 6 nitrogen and oxygen atoms in total. The van der Waals surface area contributed by atoms with Gasteiger partial charge in [0.1, 0.15) is 10.3 Å². The summed E-state index contributed by atoms with van der Waals surface area (Å²) < 4.78 is 28.1. The number of thiophene rings is 1. The fourth-order valence-corrected chi connectivity index (χ4v) is 6.57. The number of para-hydroxylation sites is 1. The molecule has 1 saturated heterocycles. The molecule has 0 saturated carbocycles. The van der Waals surface area contributed by atoms with Gasteiger partial charge in [0.2, 0.25) is 5.91 Å². The van der Waals surface area contributed by atoms with E-state index in [0.717, 1.165) is 10.2 Å². The van der Waals surface area contributed by atoms with Crippen molar-refractivity contribution in [2.45, 2.75) is 23.1 Å². The molecule has 1 atom stereocenters. The number of thiazole rings is 1. The second-order valence-electron chi connectivity index (χ2n) is 5.68. The lowest BCUT2D eigenvalue weighted by molar-refractivity contribution is -0.119. The largest absolute Gasteiger partial charge is 0.301 e. The van der Waals surface area contributed by atoms with Crippen LogP contribution >= 0.6 is 22.7 Å². The third-order valence-corrected chi connectivity index (χ3v) is 8.32. The molecule has 1 aliphatic heterocycles. The molecule has 3 heterocycles. The maximum Gasteiger partial charge on any atom is 0.253 e. The first-order valence-corrected chi connectivity index (χ1v) is 10.9. The Balaban J connectivity index is 1.56. The van der Waals surface area contributed by atoms with Gasteiger partial charge in [-0.05, 0) is 36.4 Å². The predicted molar refractivity (Wildman–Crippen MR) is 99.5 cm³/mol. The molecule has 1 N–H and O–H groups in total. The molecule has 1 amide bonds. The van der Waals surface area contributed by atoms with E-state index in [0.29, 0.717) is 24.5 Å². The van der Waals surface area contributed by atoms with Crippen LogP contribution in [0.15, 0.2) is 46.0 Å². The number of rotatable bonds is 4. The minimum absolute atomic E-state index is 0.271. The molecule has 4 rings (SSSR count). The summed E-state index contributed by atoms with van der Waals surface area (Å²) in [4.78, 5) is 17.1. The summed E-state index contributed by atoms with van der Waals surface area (Å²) in [5.74, 6) is -0.323. The van der Waals surface area contributed by atoms with Gasteiger partial charge in [0.25, 0.3) is 10.0 Å². The summed E-state index contributed by atoms with van der Waals surface area (Å²) in [5, 5.41) is 5.00. The first-order valence-electron chi connectivity index (χ1n) is 7.77. The number of amides is 1. The third-order valence-electron chi connectivity index (χ3n) is 4.09. The Labute approximate surface area is 153 Å². The summed E-state index contributed by atoms with van der Waals surface area (Å²) in [6, 6.07) is 10.2. The average Bonchev–Trinajstić information content (AvgIpc) is 3.33. The molecule has 3 aromatic rings. The topological polar surface area (TPSA) is 79.4 Å². The highest BCUT2D eigenvalue weighted by atomic mass is 32.2. The molecule has 0 radical (unpaired) electrons. The van der Waals surface area contributed by atoms with Crippen LogP contribution in [0.3, 0.4) is 0 Å². The molecule has 0 spiro atoms. The van der Waals surface area contributed by atoms with Crippen molar-refractivity contribution < 1.29 is 13.2 Å². The van der Waals surface area contributed by atoms with Crippen molar-refractivity contribution in [3.63, 3.8) is 0 Å². The molecule has 0 aliphatic carbocycles. The summed E-state index contributed by atoms with van der Waals surface area (Å²) in [6.45, 7) is 0.359. The number of carbonyl (C=O) groups is 1. The Morgan fingerprint density at radius 2 is 2.08 bits per heavy atom. The van der Waals surface area contributed by atoms with E-state index in [1.807, 2.05) is 24.3 Å². The second kappa shape index (κ2) is 6.49. The Morgan fingerprint density at radius 3 is 2.84 bits per heavy atom. The van der Waals surface area contributed by atoms with Gasteiger partial charge in [0.15, 0.2) is 5.13 Å². The van der Waals surface area contributed by atoms with Gasteiger partial charge in [-0.2, -0.15) is 4.31 Å². The van der Waals surface area contributed by atoms with Crippen molar-refractivity contribution in [3.05, 3.63) is 41.8 Å². The fraction of sp³-hybridized carbons (Fsp3) is 0.250. The van der Waals surface area contributed by atoms with E-state index >= 15 is 0 Å². The lowest BCUT2D eigenvalue weighted by atomic mass is 10.2. The summed E-state index contributed by atoms with van der Waals surface area (Å²) in [5.41, 5.74) is 0.817. The molecule has 1 fully saturated rings. The monoisotopic (exact) mass is 393 g/mol. The van der Waals surface area contributed by atoms with E-state index in [9.17, 15) is 13.2 Å². The molecule has 2 aromatic heterocycles. The van der Waals surface area contributed by atoms with E-state index in [2.05, 4.69) is 10.3 Å². The fourth-order valence-electron chi connectivity index (χ4n) is 2.93. The number of carbonyl (C=O) groups excluding carboxylic acids is 1. The van der Waals surface area contributed by atoms with E-state index in [4.69, 9.17) is 0 Å². The third kappa shape index (κ3) is 3.08. The van der Waals surface area contributed by atoms with Crippen molar-refractivity contribution in [3.8, 4) is 0 Å². The summed E-state index contributed by atoms with van der Waals surface area (Å²) in [7, 11) is -3.63. The molecule has 0 unspecified atom stereocenters. The molecule has 1 aliphatic rings. The SMILES string of the molecule is O=C(Nc1nc2ccccc2s1)[C@H]1CCCN1S(=O)(=O)c1cccs1. The maximum absolute atomic E-state index is 12.7. The smallest absolute Gasteiger partial charge is 0.253 e. The van der Waals surface area contributed by atoms with Crippen LogP contribution < -0.4 is 5.32 Å². The lowest BCUT2D eigenvalue weighted by Gasteiger charge is -2.22. The van der Waals surface area contributed by atoms with Crippen molar-refractivity contribution in [1.82, 2.24) is 9.29 Å². The molecule has 25 heavy (non-hydrogen) atoms. The maximum atomic E-state index is 12.7. The number of anilines is 1. The number of hydrogen-bond acceptors (Lipinski definition) is 6. The quantitative estimate of drug-likeness (QED) is 0.738. The van der Waals surface area contributed by atoms with Crippen LogP contribution in [0, 0.1) is 0 Å². The van der Waals surface area contributed by atoms with Crippen LogP contribution in [0.4, 0.5) is 5.13 Å². The van der Waals surface area contributed by atoms with Gasteiger partial charge in [-0.1, -0.05) is 29.5 Å². The first-order chi connectivity index (χ1) is 12.1. The van der Waals surface area contributed by atoms with E-state index in [1.165, 1.54) is 27.0 Å². The van der Waals surface area contributed by atoms with Crippen LogP contribution in [-0.4, -0.2) is 36.2 Å². The second-order valence-corrected chi connectivity index (χ2v) is 9.78. The number of aromatic nitrogens is 1. The molecule has 1 aromatic carbocycles.